The largest absolute Gasteiger partial charge is 0.326 e. The predicted molar refractivity (Wildman–Crippen MR) is 158 cm³/mol. The average Bonchev–Trinajstić information content (AvgIpc) is 3.19. The fraction of sp³-hybridized carbons (Fsp3) is 0.276. The topological polar surface area (TPSA) is 28.2 Å². The van der Waals surface area contributed by atoms with Gasteiger partial charge in [0.05, 0.1) is 10.7 Å². The molecule has 6 heteroatoms. The molecule has 1 aliphatic rings. The van der Waals surface area contributed by atoms with E-state index < -0.39 is 0 Å². The van der Waals surface area contributed by atoms with Gasteiger partial charge in [-0.05, 0) is 91.0 Å². The van der Waals surface area contributed by atoms with E-state index in [0.29, 0.717) is 0 Å². The van der Waals surface area contributed by atoms with Crippen molar-refractivity contribution in [2.45, 2.75) is 44.9 Å². The molecule has 3 aromatic carbocycles. The van der Waals surface area contributed by atoms with E-state index in [1.165, 1.54) is 41.7 Å². The van der Waals surface area contributed by atoms with Gasteiger partial charge in [-0.15, -0.1) is 0 Å². The van der Waals surface area contributed by atoms with E-state index in [0.717, 1.165) is 38.8 Å². The van der Waals surface area contributed by atoms with Gasteiger partial charge in [-0.25, -0.2) is 0 Å². The van der Waals surface area contributed by atoms with Gasteiger partial charge in [0.2, 0.25) is 0 Å². The van der Waals surface area contributed by atoms with Crippen LogP contribution in [0.5, 0.6) is 0 Å². The molecule has 3 nitrogen and oxygen atoms in total. The molecular formula is C29H32ClN3S2. The number of nitrogens with zero attached hydrogens (tertiary/aromatic N) is 2. The van der Waals surface area contributed by atoms with E-state index >= 15 is 0 Å². The number of anilines is 2. The lowest BCUT2D eigenvalue weighted by atomic mass is 10.00. The van der Waals surface area contributed by atoms with Crippen molar-refractivity contribution < 1.29 is 0 Å². The van der Waals surface area contributed by atoms with Crippen LogP contribution in [0.1, 0.15) is 38.7 Å². The van der Waals surface area contributed by atoms with Crippen LogP contribution in [0.2, 0.25) is 5.02 Å². The maximum Gasteiger partial charge on any atom is 0.0783 e. The Morgan fingerprint density at radius 1 is 0.971 bits per heavy atom. The molecule has 1 N–H and O–H groups in total. The fourth-order valence-electron chi connectivity index (χ4n) is 4.09. The Hall–Kier alpha value is -2.34. The van der Waals surface area contributed by atoms with Crippen LogP contribution in [0.15, 0.2) is 77.8 Å². The van der Waals surface area contributed by atoms with Crippen LogP contribution in [0.3, 0.4) is 0 Å². The van der Waals surface area contributed by atoms with Gasteiger partial charge in [0.1, 0.15) is 0 Å². The van der Waals surface area contributed by atoms with E-state index in [4.69, 9.17) is 16.6 Å². The Kier molecular flexibility index (Phi) is 9.25. The molecule has 0 amide bonds. The number of halogens is 1. The zero-order valence-electron chi connectivity index (χ0n) is 20.6. The molecule has 1 fully saturated rings. The number of nitrogens with one attached hydrogen (secondary N) is 1. The summed E-state index contributed by atoms with van der Waals surface area (Å²) in [6.07, 6.45) is 5.72. The van der Waals surface area contributed by atoms with E-state index in [2.05, 4.69) is 82.7 Å². The molecule has 4 aromatic rings. The zero-order chi connectivity index (χ0) is 24.6. The Morgan fingerprint density at radius 3 is 2.69 bits per heavy atom. The maximum absolute atomic E-state index is 6.67. The molecule has 1 aromatic heterocycles. The van der Waals surface area contributed by atoms with Gasteiger partial charge in [-0.3, -0.25) is 4.98 Å². The van der Waals surface area contributed by atoms with Crippen molar-refractivity contribution in [3.05, 3.63) is 83.5 Å². The summed E-state index contributed by atoms with van der Waals surface area (Å²) in [6.45, 7) is 7.21. The quantitative estimate of drug-likeness (QED) is 0.264. The van der Waals surface area contributed by atoms with Crippen LogP contribution in [0.4, 0.5) is 11.4 Å². The number of aromatic nitrogens is 1. The number of pyridine rings is 1. The van der Waals surface area contributed by atoms with E-state index in [1.54, 1.807) is 11.9 Å². The molecule has 0 atom stereocenters. The predicted octanol–water partition coefficient (Wildman–Crippen LogP) is 9.65. The summed E-state index contributed by atoms with van der Waals surface area (Å²) in [7, 11) is 0. The number of benzene rings is 3. The molecule has 182 valence electrons. The van der Waals surface area contributed by atoms with E-state index in [1.807, 2.05) is 32.0 Å². The van der Waals surface area contributed by atoms with Gasteiger partial charge < -0.3 is 9.03 Å². The summed E-state index contributed by atoms with van der Waals surface area (Å²) >= 11 is 10.1. The summed E-state index contributed by atoms with van der Waals surface area (Å²) in [5, 5.41) is 3.14. The fourth-order valence-corrected chi connectivity index (χ4v) is 6.11. The van der Waals surface area contributed by atoms with Crippen molar-refractivity contribution in [3.8, 4) is 11.3 Å². The molecule has 1 aliphatic heterocycles. The SMILES string of the molecule is CC.Cc1ccc(NSc2ccc(N3CCCCCS3)cc2Cl)cc1-c1nccc2ccccc12. The Bertz CT molecular complexity index is 1260. The second-order valence-corrected chi connectivity index (χ2v) is 10.6. The molecule has 0 aliphatic carbocycles. The number of hydrogen-bond donors (Lipinski definition) is 1. The lowest BCUT2D eigenvalue weighted by molar-refractivity contribution is 0.751. The molecule has 0 unspecified atom stereocenters. The van der Waals surface area contributed by atoms with Gasteiger partial charge in [0.25, 0.3) is 0 Å². The van der Waals surface area contributed by atoms with E-state index in [-0.39, 0.29) is 0 Å². The molecule has 0 spiro atoms. The monoisotopic (exact) mass is 521 g/mol. The highest BCUT2D eigenvalue weighted by atomic mass is 35.5. The van der Waals surface area contributed by atoms with Crippen LogP contribution in [-0.4, -0.2) is 17.3 Å². The van der Waals surface area contributed by atoms with Crippen LogP contribution in [0.25, 0.3) is 22.0 Å². The minimum absolute atomic E-state index is 0.776. The van der Waals surface area contributed by atoms with Gasteiger partial charge >= 0.3 is 0 Å². The number of hydrogen-bond acceptors (Lipinski definition) is 5. The summed E-state index contributed by atoms with van der Waals surface area (Å²) in [5.74, 6) is 1.18. The summed E-state index contributed by atoms with van der Waals surface area (Å²) in [5.41, 5.74) is 5.56. The van der Waals surface area contributed by atoms with Gasteiger partial charge in [0, 0.05) is 45.7 Å². The van der Waals surface area contributed by atoms with Crippen LogP contribution >= 0.6 is 35.5 Å². The van der Waals surface area contributed by atoms with Crippen molar-refractivity contribution >= 4 is 57.6 Å². The van der Waals surface area contributed by atoms with Crippen LogP contribution < -0.4 is 9.03 Å². The van der Waals surface area contributed by atoms with Crippen LogP contribution in [0, 0.1) is 6.92 Å². The third-order valence-electron chi connectivity index (χ3n) is 5.90. The molecule has 0 saturated carbocycles. The first kappa shape index (κ1) is 25.7. The van der Waals surface area contributed by atoms with Crippen molar-refractivity contribution in [1.82, 2.24) is 4.98 Å². The molecule has 2 heterocycles. The Labute approximate surface area is 222 Å². The highest BCUT2D eigenvalue weighted by Crippen LogP contribution is 2.36. The zero-order valence-corrected chi connectivity index (χ0v) is 22.9. The van der Waals surface area contributed by atoms with Gasteiger partial charge in [0.15, 0.2) is 0 Å². The summed E-state index contributed by atoms with van der Waals surface area (Å²) in [4.78, 5) is 5.73. The first-order chi connectivity index (χ1) is 17.2. The second-order valence-electron chi connectivity index (χ2n) is 8.23. The summed E-state index contributed by atoms with van der Waals surface area (Å²) in [6, 6.07) is 23.2. The summed E-state index contributed by atoms with van der Waals surface area (Å²) < 4.78 is 5.86. The Balaban J connectivity index is 0.00000141. The molecule has 0 bridgehead atoms. The second kappa shape index (κ2) is 12.6. The lowest BCUT2D eigenvalue weighted by Crippen LogP contribution is -2.14. The third-order valence-corrected chi connectivity index (χ3v) is 8.42. The molecular weight excluding hydrogens is 490 g/mol. The van der Waals surface area contributed by atoms with Crippen molar-refractivity contribution in [1.29, 1.82) is 0 Å². The minimum atomic E-state index is 0.776. The number of aryl methyl sites for hydroxylation is 1. The first-order valence-corrected chi connectivity index (χ1v) is 14.4. The highest BCUT2D eigenvalue weighted by Gasteiger charge is 2.13. The number of fused-ring (bicyclic) bond motifs is 1. The van der Waals surface area contributed by atoms with Crippen molar-refractivity contribution in [2.75, 3.05) is 21.3 Å². The normalized spacial score (nSPS) is 13.7. The molecule has 1 saturated heterocycles. The van der Waals surface area contributed by atoms with Crippen molar-refractivity contribution in [2.24, 2.45) is 0 Å². The molecule has 0 radical (unpaired) electrons. The minimum Gasteiger partial charge on any atom is -0.326 e. The van der Waals surface area contributed by atoms with Gasteiger partial charge in [-0.2, -0.15) is 0 Å². The smallest absolute Gasteiger partial charge is 0.0783 e. The van der Waals surface area contributed by atoms with E-state index in [9.17, 15) is 0 Å². The maximum atomic E-state index is 6.67. The highest BCUT2D eigenvalue weighted by molar-refractivity contribution is 8.01. The average molecular weight is 522 g/mol. The van der Waals surface area contributed by atoms with Crippen molar-refractivity contribution in [3.63, 3.8) is 0 Å². The lowest BCUT2D eigenvalue weighted by Gasteiger charge is -2.21. The Morgan fingerprint density at radius 2 is 1.83 bits per heavy atom. The molecule has 35 heavy (non-hydrogen) atoms. The standard InChI is InChI=1S/C27H26ClN3S2.C2H6/c1-19-9-10-21(17-24(19)27-23-8-4-3-7-20(23)13-14-29-27)30-33-26-12-11-22(18-25(26)28)31-15-5-2-6-16-32-31;1-2/h3-4,7-14,17-18,30H,2,5-6,15-16H2,1H3;1-2H3. The first-order valence-electron chi connectivity index (χ1n) is 12.3. The van der Waals surface area contributed by atoms with Gasteiger partial charge in [-0.1, -0.05) is 62.2 Å². The number of rotatable bonds is 5. The van der Waals surface area contributed by atoms with Crippen LogP contribution in [-0.2, 0) is 0 Å². The molecule has 5 rings (SSSR count). The third kappa shape index (κ3) is 6.27.